The Morgan fingerprint density at radius 3 is 2.56 bits per heavy atom. The summed E-state index contributed by atoms with van der Waals surface area (Å²) in [7, 11) is -1.92. The molecule has 0 spiro atoms. The molecule has 6 nitrogen and oxygen atoms in total. The molecule has 1 amide bonds. The highest BCUT2D eigenvalue weighted by molar-refractivity contribution is 7.91. The lowest BCUT2D eigenvalue weighted by atomic mass is 10.1. The Morgan fingerprint density at radius 1 is 1.26 bits per heavy atom. The quantitative estimate of drug-likeness (QED) is 0.651. The molecule has 1 unspecified atom stereocenters. The van der Waals surface area contributed by atoms with Crippen LogP contribution in [0, 0.1) is 0 Å². The van der Waals surface area contributed by atoms with Gasteiger partial charge in [0.05, 0.1) is 12.6 Å². The Labute approximate surface area is 165 Å². The van der Waals surface area contributed by atoms with Gasteiger partial charge in [0.15, 0.2) is 0 Å². The van der Waals surface area contributed by atoms with Crippen LogP contribution in [-0.4, -0.2) is 38.8 Å². The fourth-order valence-corrected chi connectivity index (χ4v) is 4.97. The van der Waals surface area contributed by atoms with Crippen LogP contribution in [0.15, 0.2) is 46.0 Å². The lowest BCUT2D eigenvalue weighted by molar-refractivity contribution is -0.121. The topological polar surface area (TPSA) is 75.7 Å². The summed E-state index contributed by atoms with van der Waals surface area (Å²) in [5, 5.41) is 4.67. The molecule has 1 atom stereocenters. The Bertz CT molecular complexity index is 818. The van der Waals surface area contributed by atoms with Crippen molar-refractivity contribution in [3.63, 3.8) is 0 Å². The zero-order chi connectivity index (χ0) is 19.9. The average molecular weight is 411 g/mol. The molecule has 1 N–H and O–H groups in total. The molecule has 1 aromatic heterocycles. The molecule has 0 bridgehead atoms. The first-order valence-corrected chi connectivity index (χ1v) is 11.2. The van der Waals surface area contributed by atoms with Crippen molar-refractivity contribution in [3.05, 3.63) is 47.3 Å². The van der Waals surface area contributed by atoms with Crippen molar-refractivity contribution in [1.29, 1.82) is 0 Å². The van der Waals surface area contributed by atoms with Gasteiger partial charge in [0.2, 0.25) is 5.91 Å². The summed E-state index contributed by atoms with van der Waals surface area (Å²) in [5.41, 5.74) is 0.990. The van der Waals surface area contributed by atoms with E-state index in [-0.39, 0.29) is 18.4 Å². The van der Waals surface area contributed by atoms with E-state index in [9.17, 15) is 13.2 Å². The standard InChI is InChI=1S/C19H26N2O4S2/c1-4-25-17-11-9-16(10-12-17)15(2)20-18(22)7-5-13-21(3)27(23,24)19-8-6-14-26-19/h6,8-12,14-15H,4-5,7,13H2,1-3H3,(H,20,22). The van der Waals surface area contributed by atoms with E-state index in [1.165, 1.54) is 22.7 Å². The molecule has 0 aliphatic rings. The molecule has 27 heavy (non-hydrogen) atoms. The van der Waals surface area contributed by atoms with Crippen LogP contribution in [0.5, 0.6) is 5.75 Å². The van der Waals surface area contributed by atoms with Gasteiger partial charge >= 0.3 is 0 Å². The minimum absolute atomic E-state index is 0.0988. The van der Waals surface area contributed by atoms with Gasteiger partial charge in [-0.2, -0.15) is 0 Å². The zero-order valence-corrected chi connectivity index (χ0v) is 17.5. The summed E-state index contributed by atoms with van der Waals surface area (Å²) >= 11 is 1.19. The van der Waals surface area contributed by atoms with E-state index in [0.29, 0.717) is 23.8 Å². The summed E-state index contributed by atoms with van der Waals surface area (Å²) in [5.74, 6) is 0.702. The van der Waals surface area contributed by atoms with Crippen LogP contribution in [-0.2, 0) is 14.8 Å². The maximum absolute atomic E-state index is 12.3. The normalized spacial score (nSPS) is 12.7. The first-order chi connectivity index (χ1) is 12.8. The fraction of sp³-hybridized carbons (Fsp3) is 0.421. The number of carbonyl (C=O) groups is 1. The maximum Gasteiger partial charge on any atom is 0.252 e. The smallest absolute Gasteiger partial charge is 0.252 e. The van der Waals surface area contributed by atoms with Crippen LogP contribution in [0.25, 0.3) is 0 Å². The van der Waals surface area contributed by atoms with Crippen molar-refractivity contribution in [1.82, 2.24) is 9.62 Å². The van der Waals surface area contributed by atoms with Gasteiger partial charge in [0.1, 0.15) is 9.96 Å². The summed E-state index contributed by atoms with van der Waals surface area (Å²) in [6, 6.07) is 10.8. The second-order valence-electron chi connectivity index (χ2n) is 6.15. The van der Waals surface area contributed by atoms with Gasteiger partial charge in [-0.25, -0.2) is 12.7 Å². The van der Waals surface area contributed by atoms with Crippen molar-refractivity contribution in [2.45, 2.75) is 36.9 Å². The van der Waals surface area contributed by atoms with Gasteiger partial charge in [-0.3, -0.25) is 4.79 Å². The minimum Gasteiger partial charge on any atom is -0.494 e. The zero-order valence-electron chi connectivity index (χ0n) is 15.8. The van der Waals surface area contributed by atoms with Crippen LogP contribution in [0.1, 0.15) is 38.3 Å². The van der Waals surface area contributed by atoms with Crippen molar-refractivity contribution < 1.29 is 17.9 Å². The van der Waals surface area contributed by atoms with Gasteiger partial charge in [0, 0.05) is 20.0 Å². The van der Waals surface area contributed by atoms with Crippen LogP contribution < -0.4 is 10.1 Å². The summed E-state index contributed by atoms with van der Waals surface area (Å²) < 4.78 is 31.7. The predicted octanol–water partition coefficient (Wildman–Crippen LogP) is 3.42. The highest BCUT2D eigenvalue weighted by Crippen LogP contribution is 2.20. The van der Waals surface area contributed by atoms with Crippen LogP contribution in [0.2, 0.25) is 0 Å². The molecular weight excluding hydrogens is 384 g/mol. The Balaban J connectivity index is 1.78. The minimum atomic E-state index is -3.46. The second kappa shape index (κ2) is 9.87. The van der Waals surface area contributed by atoms with E-state index in [1.54, 1.807) is 17.5 Å². The number of hydrogen-bond donors (Lipinski definition) is 1. The molecule has 0 radical (unpaired) electrons. The molecule has 0 aliphatic carbocycles. The highest BCUT2D eigenvalue weighted by atomic mass is 32.2. The van der Waals surface area contributed by atoms with E-state index in [0.717, 1.165) is 11.3 Å². The van der Waals surface area contributed by atoms with Crippen LogP contribution in [0.3, 0.4) is 0 Å². The van der Waals surface area contributed by atoms with Gasteiger partial charge in [0.25, 0.3) is 10.0 Å². The number of ether oxygens (including phenoxy) is 1. The number of carbonyl (C=O) groups excluding carboxylic acids is 1. The summed E-state index contributed by atoms with van der Waals surface area (Å²) in [6.07, 6.45) is 0.731. The second-order valence-corrected chi connectivity index (χ2v) is 9.37. The first-order valence-electron chi connectivity index (χ1n) is 8.86. The van der Waals surface area contributed by atoms with E-state index >= 15 is 0 Å². The lowest BCUT2D eigenvalue weighted by Crippen LogP contribution is -2.30. The number of sulfonamides is 1. The van der Waals surface area contributed by atoms with E-state index in [1.807, 2.05) is 38.1 Å². The number of amides is 1. The molecule has 2 aromatic rings. The molecule has 0 aliphatic heterocycles. The number of thiophene rings is 1. The molecule has 0 saturated carbocycles. The fourth-order valence-electron chi connectivity index (χ4n) is 2.56. The molecule has 0 saturated heterocycles. The number of nitrogens with one attached hydrogen (secondary N) is 1. The molecule has 2 rings (SSSR count). The number of rotatable bonds is 10. The lowest BCUT2D eigenvalue weighted by Gasteiger charge is -2.17. The third-order valence-corrected chi connectivity index (χ3v) is 7.33. The number of benzene rings is 1. The van der Waals surface area contributed by atoms with Gasteiger partial charge in [-0.15, -0.1) is 11.3 Å². The van der Waals surface area contributed by atoms with Crippen molar-refractivity contribution >= 4 is 27.3 Å². The van der Waals surface area contributed by atoms with E-state index < -0.39 is 10.0 Å². The predicted molar refractivity (Wildman–Crippen MR) is 108 cm³/mol. The van der Waals surface area contributed by atoms with Crippen molar-refractivity contribution in [2.24, 2.45) is 0 Å². The first kappa shape index (κ1) is 21.4. The molecule has 1 heterocycles. The summed E-state index contributed by atoms with van der Waals surface area (Å²) in [6.45, 7) is 4.76. The average Bonchev–Trinajstić information content (AvgIpc) is 3.18. The molecule has 0 fully saturated rings. The molecule has 8 heteroatoms. The van der Waals surface area contributed by atoms with Gasteiger partial charge in [-0.05, 0) is 49.4 Å². The van der Waals surface area contributed by atoms with E-state index in [4.69, 9.17) is 4.74 Å². The Hall–Kier alpha value is -1.90. The van der Waals surface area contributed by atoms with Gasteiger partial charge < -0.3 is 10.1 Å². The Morgan fingerprint density at radius 2 is 1.96 bits per heavy atom. The van der Waals surface area contributed by atoms with Gasteiger partial charge in [-0.1, -0.05) is 18.2 Å². The number of nitrogens with zero attached hydrogens (tertiary/aromatic N) is 1. The SMILES string of the molecule is CCOc1ccc(C(C)NC(=O)CCCN(C)S(=O)(=O)c2cccs2)cc1. The molecule has 148 valence electrons. The van der Waals surface area contributed by atoms with Crippen molar-refractivity contribution in [3.8, 4) is 5.75 Å². The third kappa shape index (κ3) is 6.05. The largest absolute Gasteiger partial charge is 0.494 e. The van der Waals surface area contributed by atoms with Crippen LogP contribution in [0.4, 0.5) is 0 Å². The number of hydrogen-bond acceptors (Lipinski definition) is 5. The third-order valence-electron chi connectivity index (χ3n) is 4.11. The van der Waals surface area contributed by atoms with Crippen LogP contribution >= 0.6 is 11.3 Å². The monoisotopic (exact) mass is 410 g/mol. The highest BCUT2D eigenvalue weighted by Gasteiger charge is 2.21. The Kier molecular flexibility index (Phi) is 7.82. The molecular formula is C19H26N2O4S2. The molecule has 1 aromatic carbocycles. The van der Waals surface area contributed by atoms with Crippen molar-refractivity contribution in [2.75, 3.05) is 20.2 Å². The van der Waals surface area contributed by atoms with E-state index in [2.05, 4.69) is 5.32 Å². The maximum atomic E-state index is 12.3. The summed E-state index contributed by atoms with van der Waals surface area (Å²) in [4.78, 5) is 12.2.